The van der Waals surface area contributed by atoms with Crippen molar-refractivity contribution in [2.75, 3.05) is 32.6 Å². The fourth-order valence-electron chi connectivity index (χ4n) is 3.12. The summed E-state index contributed by atoms with van der Waals surface area (Å²) in [5.74, 6) is -0.265. The third-order valence-corrected chi connectivity index (χ3v) is 4.75. The molecule has 1 N–H and O–H groups in total. The van der Waals surface area contributed by atoms with Crippen LogP contribution >= 0.6 is 0 Å². The number of alkyl halides is 3. The molecule has 0 radical (unpaired) electrons. The van der Waals surface area contributed by atoms with Crippen molar-refractivity contribution in [1.29, 1.82) is 0 Å². The van der Waals surface area contributed by atoms with E-state index in [0.29, 0.717) is 0 Å². The van der Waals surface area contributed by atoms with E-state index in [4.69, 9.17) is 4.74 Å². The van der Waals surface area contributed by atoms with Crippen molar-refractivity contribution in [3.05, 3.63) is 24.3 Å². The Morgan fingerprint density at radius 1 is 1.14 bits per heavy atom. The van der Waals surface area contributed by atoms with Crippen LogP contribution < -0.4 is 10.1 Å². The summed E-state index contributed by atoms with van der Waals surface area (Å²) in [5, 5.41) is 2.49. The molecule has 28 heavy (non-hydrogen) atoms. The molecule has 0 bridgehead atoms. The zero-order valence-electron chi connectivity index (χ0n) is 16.1. The molecule has 0 aliphatic heterocycles. The maximum absolute atomic E-state index is 12.4. The van der Waals surface area contributed by atoms with E-state index >= 15 is 0 Å². The van der Waals surface area contributed by atoms with E-state index in [1.807, 2.05) is 0 Å². The Bertz CT molecular complexity index is 676. The Hall–Kier alpha value is -2.45. The largest absolute Gasteiger partial charge is 0.482 e. The van der Waals surface area contributed by atoms with Crippen LogP contribution in [0.3, 0.4) is 0 Å². The lowest BCUT2D eigenvalue weighted by Crippen LogP contribution is -2.45. The number of carbonyl (C=O) groups excluding carboxylic acids is 2. The van der Waals surface area contributed by atoms with Crippen LogP contribution in [0.5, 0.6) is 5.75 Å². The summed E-state index contributed by atoms with van der Waals surface area (Å²) >= 11 is 0. The fraction of sp³-hybridized carbons (Fsp3) is 0.579. The van der Waals surface area contributed by atoms with Gasteiger partial charge in [-0.05, 0) is 25.0 Å². The van der Waals surface area contributed by atoms with Crippen molar-refractivity contribution in [3.8, 4) is 5.75 Å². The lowest BCUT2D eigenvalue weighted by atomic mass is 9.94. The van der Waals surface area contributed by atoms with Crippen LogP contribution in [-0.4, -0.2) is 61.2 Å². The maximum Gasteiger partial charge on any atom is 0.422 e. The molecule has 6 nitrogen and oxygen atoms in total. The molecule has 1 aromatic rings. The second-order valence-electron chi connectivity index (χ2n) is 6.98. The minimum Gasteiger partial charge on any atom is -0.482 e. The highest BCUT2D eigenvalue weighted by molar-refractivity contribution is 5.93. The van der Waals surface area contributed by atoms with E-state index < -0.39 is 18.8 Å². The number of amides is 3. The van der Waals surface area contributed by atoms with Crippen molar-refractivity contribution in [2.45, 2.75) is 44.3 Å². The number of urea groups is 1. The molecule has 1 saturated carbocycles. The summed E-state index contributed by atoms with van der Waals surface area (Å²) in [4.78, 5) is 27.7. The monoisotopic (exact) mass is 401 g/mol. The molecule has 1 aromatic carbocycles. The SMILES string of the molecule is CN(CC(=O)N(C)C1CCCCC1)C(=O)Nc1ccccc1OCC(F)(F)F. The van der Waals surface area contributed by atoms with Gasteiger partial charge in [0, 0.05) is 20.1 Å². The van der Waals surface area contributed by atoms with Gasteiger partial charge in [0.2, 0.25) is 5.91 Å². The minimum absolute atomic E-state index is 0.0905. The third-order valence-electron chi connectivity index (χ3n) is 4.75. The van der Waals surface area contributed by atoms with E-state index in [9.17, 15) is 22.8 Å². The van der Waals surface area contributed by atoms with Gasteiger partial charge in [-0.15, -0.1) is 0 Å². The average molecular weight is 401 g/mol. The van der Waals surface area contributed by atoms with Gasteiger partial charge < -0.3 is 19.9 Å². The number of rotatable bonds is 6. The number of carbonyl (C=O) groups is 2. The number of halogens is 3. The van der Waals surface area contributed by atoms with Crippen molar-refractivity contribution >= 4 is 17.6 Å². The standard InChI is InChI=1S/C19H26F3N3O3/c1-24(12-17(26)25(2)14-8-4-3-5-9-14)18(27)23-15-10-6-7-11-16(15)28-13-19(20,21)22/h6-7,10-11,14H,3-5,8-9,12-13H2,1-2H3,(H,23,27). The minimum atomic E-state index is -4.48. The first-order chi connectivity index (χ1) is 13.2. The number of para-hydroxylation sites is 2. The van der Waals surface area contributed by atoms with Crippen LogP contribution in [0.1, 0.15) is 32.1 Å². The highest BCUT2D eigenvalue weighted by atomic mass is 19.4. The van der Waals surface area contributed by atoms with Gasteiger partial charge in [0.15, 0.2) is 6.61 Å². The number of likely N-dealkylation sites (N-methyl/N-ethyl adjacent to an activating group) is 2. The Kier molecular flexibility index (Phi) is 7.53. The van der Waals surface area contributed by atoms with Gasteiger partial charge in [-0.3, -0.25) is 4.79 Å². The predicted octanol–water partition coefficient (Wildman–Crippen LogP) is 3.88. The van der Waals surface area contributed by atoms with E-state index in [0.717, 1.165) is 25.7 Å². The normalized spacial score (nSPS) is 15.0. The van der Waals surface area contributed by atoms with Gasteiger partial charge in [0.25, 0.3) is 0 Å². The third kappa shape index (κ3) is 6.61. The van der Waals surface area contributed by atoms with Crippen molar-refractivity contribution in [2.24, 2.45) is 0 Å². The number of hydrogen-bond acceptors (Lipinski definition) is 3. The average Bonchev–Trinajstić information content (AvgIpc) is 2.66. The zero-order chi connectivity index (χ0) is 20.7. The van der Waals surface area contributed by atoms with E-state index in [-0.39, 0.29) is 29.9 Å². The van der Waals surface area contributed by atoms with Gasteiger partial charge in [0.1, 0.15) is 12.3 Å². The number of anilines is 1. The number of nitrogens with zero attached hydrogens (tertiary/aromatic N) is 2. The molecule has 0 heterocycles. The van der Waals surface area contributed by atoms with Gasteiger partial charge in [-0.25, -0.2) is 4.79 Å². The first-order valence-corrected chi connectivity index (χ1v) is 9.24. The molecule has 1 aliphatic rings. The Balaban J connectivity index is 1.92. The molecule has 0 unspecified atom stereocenters. The fourth-order valence-corrected chi connectivity index (χ4v) is 3.12. The van der Waals surface area contributed by atoms with Gasteiger partial charge in [-0.1, -0.05) is 31.4 Å². The Morgan fingerprint density at radius 3 is 2.43 bits per heavy atom. The molecular formula is C19H26F3N3O3. The molecule has 9 heteroatoms. The molecule has 2 rings (SSSR count). The number of ether oxygens (including phenoxy) is 1. The van der Waals surface area contributed by atoms with Crippen LogP contribution in [0.25, 0.3) is 0 Å². The van der Waals surface area contributed by atoms with Crippen molar-refractivity contribution in [1.82, 2.24) is 9.80 Å². The maximum atomic E-state index is 12.4. The van der Waals surface area contributed by atoms with E-state index in [1.54, 1.807) is 18.0 Å². The summed E-state index contributed by atoms with van der Waals surface area (Å²) < 4.78 is 41.9. The second-order valence-corrected chi connectivity index (χ2v) is 6.98. The van der Waals surface area contributed by atoms with Crippen molar-refractivity contribution < 1.29 is 27.5 Å². The first kappa shape index (κ1) is 21.8. The zero-order valence-corrected chi connectivity index (χ0v) is 16.1. The molecule has 156 valence electrons. The summed E-state index contributed by atoms with van der Waals surface area (Å²) in [6.07, 6.45) is 0.797. The molecule has 0 atom stereocenters. The van der Waals surface area contributed by atoms with Crippen LogP contribution in [0.2, 0.25) is 0 Å². The smallest absolute Gasteiger partial charge is 0.422 e. The van der Waals surface area contributed by atoms with E-state index in [2.05, 4.69) is 5.32 Å². The predicted molar refractivity (Wildman–Crippen MR) is 99.3 cm³/mol. The van der Waals surface area contributed by atoms with Crippen LogP contribution in [-0.2, 0) is 4.79 Å². The lowest BCUT2D eigenvalue weighted by molar-refractivity contribution is -0.153. The first-order valence-electron chi connectivity index (χ1n) is 9.24. The van der Waals surface area contributed by atoms with Crippen LogP contribution in [0.4, 0.5) is 23.7 Å². The number of nitrogens with one attached hydrogen (secondary N) is 1. The molecule has 1 aliphatic carbocycles. The van der Waals surface area contributed by atoms with Gasteiger partial charge in [0.05, 0.1) is 5.69 Å². The highest BCUT2D eigenvalue weighted by Crippen LogP contribution is 2.26. The highest BCUT2D eigenvalue weighted by Gasteiger charge is 2.29. The van der Waals surface area contributed by atoms with Crippen LogP contribution in [0, 0.1) is 0 Å². The van der Waals surface area contributed by atoms with Crippen LogP contribution in [0.15, 0.2) is 24.3 Å². The Morgan fingerprint density at radius 2 is 1.79 bits per heavy atom. The number of benzene rings is 1. The summed E-state index contributed by atoms with van der Waals surface area (Å²) in [6, 6.07) is 5.44. The van der Waals surface area contributed by atoms with Gasteiger partial charge in [-0.2, -0.15) is 13.2 Å². The molecule has 1 fully saturated rings. The molecule has 0 spiro atoms. The Labute approximate surface area is 162 Å². The lowest BCUT2D eigenvalue weighted by Gasteiger charge is -2.32. The second kappa shape index (κ2) is 9.66. The molecule has 0 aromatic heterocycles. The van der Waals surface area contributed by atoms with Gasteiger partial charge >= 0.3 is 12.2 Å². The molecule has 0 saturated heterocycles. The summed E-state index contributed by atoms with van der Waals surface area (Å²) in [5.41, 5.74) is 0.108. The summed E-state index contributed by atoms with van der Waals surface area (Å²) in [7, 11) is 3.20. The number of hydrogen-bond donors (Lipinski definition) is 1. The topological polar surface area (TPSA) is 61.9 Å². The quantitative estimate of drug-likeness (QED) is 0.787. The molecular weight excluding hydrogens is 375 g/mol. The van der Waals surface area contributed by atoms with E-state index in [1.165, 1.54) is 36.6 Å². The van der Waals surface area contributed by atoms with Crippen molar-refractivity contribution in [3.63, 3.8) is 0 Å². The molecule has 3 amide bonds. The summed E-state index contributed by atoms with van der Waals surface area (Å²) in [6.45, 7) is -1.58.